The molecule has 0 atom stereocenters. The van der Waals surface area contributed by atoms with Gasteiger partial charge in [0, 0.05) is 12.9 Å². The Morgan fingerprint density at radius 1 is 1.25 bits per heavy atom. The first-order valence-corrected chi connectivity index (χ1v) is 6.41. The Bertz CT molecular complexity index is 322. The van der Waals surface area contributed by atoms with E-state index in [0.29, 0.717) is 18.8 Å². The van der Waals surface area contributed by atoms with Gasteiger partial charge in [-0.05, 0) is 24.0 Å². The molecule has 1 rings (SSSR count). The number of carbonyl (C=O) groups is 1. The van der Waals surface area contributed by atoms with Gasteiger partial charge in [0.2, 0.25) is 0 Å². The summed E-state index contributed by atoms with van der Waals surface area (Å²) < 4.78 is 9.80. The van der Waals surface area contributed by atoms with Crippen LogP contribution in [0.2, 0.25) is 0 Å². The van der Waals surface area contributed by atoms with Crippen molar-refractivity contribution in [1.29, 1.82) is 0 Å². The average Bonchev–Trinajstić information content (AvgIpc) is 2.30. The van der Waals surface area contributed by atoms with Crippen LogP contribution in [-0.2, 0) is 15.2 Å². The van der Waals surface area contributed by atoms with Crippen molar-refractivity contribution in [1.82, 2.24) is 0 Å². The topological polar surface area (TPSA) is 35.5 Å². The highest BCUT2D eigenvalue weighted by Crippen LogP contribution is 2.11. The van der Waals surface area contributed by atoms with Crippen LogP contribution in [0, 0.1) is 0 Å². The van der Waals surface area contributed by atoms with E-state index in [1.807, 2.05) is 18.4 Å². The van der Waals surface area contributed by atoms with E-state index in [1.165, 1.54) is 5.56 Å². The van der Waals surface area contributed by atoms with E-state index >= 15 is 0 Å². The maximum absolute atomic E-state index is 11.5. The first-order chi connectivity index (χ1) is 7.77. The quantitative estimate of drug-likeness (QED) is 0.565. The number of esters is 1. The van der Waals surface area contributed by atoms with Crippen LogP contribution in [0.5, 0.6) is 0 Å². The molecule has 0 aliphatic carbocycles. The molecule has 0 heterocycles. The highest BCUT2D eigenvalue weighted by atomic mass is 32.2. The number of benzene rings is 1. The third kappa shape index (κ3) is 4.24. The van der Waals surface area contributed by atoms with Crippen LogP contribution in [0.3, 0.4) is 0 Å². The van der Waals surface area contributed by atoms with Gasteiger partial charge in [-0.2, -0.15) is 11.8 Å². The zero-order chi connectivity index (χ0) is 11.8. The Morgan fingerprint density at radius 3 is 2.50 bits per heavy atom. The molecule has 1 aromatic rings. The Morgan fingerprint density at radius 2 is 1.94 bits per heavy atom. The van der Waals surface area contributed by atoms with Gasteiger partial charge >= 0.3 is 5.97 Å². The fourth-order valence-corrected chi connectivity index (χ4v) is 1.73. The molecular formula is C12H16O3S. The number of ether oxygens (including phenoxy) is 2. The molecule has 0 aliphatic rings. The second kappa shape index (κ2) is 7.30. The van der Waals surface area contributed by atoms with E-state index < -0.39 is 0 Å². The van der Waals surface area contributed by atoms with E-state index in [2.05, 4.69) is 0 Å². The lowest BCUT2D eigenvalue weighted by molar-refractivity contribution is 0.0388. The molecule has 4 heteroatoms. The molecule has 0 radical (unpaired) electrons. The van der Waals surface area contributed by atoms with Crippen molar-refractivity contribution in [2.24, 2.45) is 0 Å². The number of hydrogen-bond acceptors (Lipinski definition) is 4. The second-order valence-electron chi connectivity index (χ2n) is 3.26. The number of methoxy groups -OCH3 is 1. The van der Waals surface area contributed by atoms with Crippen LogP contribution >= 0.6 is 11.8 Å². The van der Waals surface area contributed by atoms with E-state index in [4.69, 9.17) is 9.47 Å². The van der Waals surface area contributed by atoms with E-state index in [-0.39, 0.29) is 5.97 Å². The molecule has 0 unspecified atom stereocenters. The van der Waals surface area contributed by atoms with Crippen molar-refractivity contribution in [3.8, 4) is 0 Å². The summed E-state index contributed by atoms with van der Waals surface area (Å²) in [5.74, 6) is 0.659. The molecule has 0 saturated carbocycles. The Kier molecular flexibility index (Phi) is 5.96. The minimum absolute atomic E-state index is 0.294. The molecule has 0 bridgehead atoms. The maximum atomic E-state index is 11.5. The van der Waals surface area contributed by atoms with Crippen molar-refractivity contribution in [2.45, 2.75) is 5.75 Å². The SMILES string of the molecule is COCCOC(=O)c1ccc(CSC)cc1. The summed E-state index contributed by atoms with van der Waals surface area (Å²) in [6.07, 6.45) is 2.05. The van der Waals surface area contributed by atoms with Crippen molar-refractivity contribution < 1.29 is 14.3 Å². The van der Waals surface area contributed by atoms with E-state index in [1.54, 1.807) is 31.0 Å². The third-order valence-corrected chi connectivity index (χ3v) is 2.64. The molecular weight excluding hydrogens is 224 g/mol. The first kappa shape index (κ1) is 13.1. The number of rotatable bonds is 6. The normalized spacial score (nSPS) is 10.1. The number of hydrogen-bond donors (Lipinski definition) is 0. The van der Waals surface area contributed by atoms with Crippen LogP contribution in [-0.4, -0.2) is 32.5 Å². The predicted molar refractivity (Wildman–Crippen MR) is 65.8 cm³/mol. The predicted octanol–water partition coefficient (Wildman–Crippen LogP) is 2.35. The van der Waals surface area contributed by atoms with E-state index in [9.17, 15) is 4.79 Å². The van der Waals surface area contributed by atoms with Crippen molar-refractivity contribution in [3.63, 3.8) is 0 Å². The smallest absolute Gasteiger partial charge is 0.338 e. The van der Waals surface area contributed by atoms with Gasteiger partial charge in [0.05, 0.1) is 12.2 Å². The van der Waals surface area contributed by atoms with Gasteiger partial charge in [0.1, 0.15) is 6.61 Å². The molecule has 0 fully saturated rings. The molecule has 88 valence electrons. The van der Waals surface area contributed by atoms with Crippen LogP contribution in [0.15, 0.2) is 24.3 Å². The molecule has 0 aromatic heterocycles. The molecule has 0 aliphatic heterocycles. The number of thioether (sulfide) groups is 1. The van der Waals surface area contributed by atoms with Crippen LogP contribution in [0.25, 0.3) is 0 Å². The minimum Gasteiger partial charge on any atom is -0.460 e. The first-order valence-electron chi connectivity index (χ1n) is 5.02. The lowest BCUT2D eigenvalue weighted by Crippen LogP contribution is -2.09. The average molecular weight is 240 g/mol. The molecule has 1 aromatic carbocycles. The van der Waals surface area contributed by atoms with Gasteiger partial charge in [0.25, 0.3) is 0 Å². The Hall–Kier alpha value is -1.00. The molecule has 0 N–H and O–H groups in total. The van der Waals surface area contributed by atoms with Crippen molar-refractivity contribution >= 4 is 17.7 Å². The monoisotopic (exact) mass is 240 g/mol. The molecule has 3 nitrogen and oxygen atoms in total. The zero-order valence-corrected chi connectivity index (χ0v) is 10.4. The fraction of sp³-hybridized carbons (Fsp3) is 0.417. The summed E-state index contributed by atoms with van der Waals surface area (Å²) in [4.78, 5) is 11.5. The van der Waals surface area contributed by atoms with Gasteiger partial charge in [-0.25, -0.2) is 4.79 Å². The maximum Gasteiger partial charge on any atom is 0.338 e. The molecule has 0 saturated heterocycles. The standard InChI is InChI=1S/C12H16O3S/c1-14-7-8-15-12(13)11-5-3-10(4-6-11)9-16-2/h3-6H,7-9H2,1-2H3. The summed E-state index contributed by atoms with van der Waals surface area (Å²) in [5, 5.41) is 0. The molecule has 0 amide bonds. The molecule has 16 heavy (non-hydrogen) atoms. The molecule has 0 spiro atoms. The van der Waals surface area contributed by atoms with Crippen LogP contribution in [0.4, 0.5) is 0 Å². The Balaban J connectivity index is 2.49. The van der Waals surface area contributed by atoms with E-state index in [0.717, 1.165) is 5.75 Å². The van der Waals surface area contributed by atoms with Crippen molar-refractivity contribution in [2.75, 3.05) is 26.6 Å². The lowest BCUT2D eigenvalue weighted by atomic mass is 10.1. The highest BCUT2D eigenvalue weighted by molar-refractivity contribution is 7.97. The van der Waals surface area contributed by atoms with Gasteiger partial charge in [-0.15, -0.1) is 0 Å². The zero-order valence-electron chi connectivity index (χ0n) is 9.56. The fourth-order valence-electron chi connectivity index (χ4n) is 1.20. The third-order valence-electron chi connectivity index (χ3n) is 2.02. The van der Waals surface area contributed by atoms with Gasteiger partial charge < -0.3 is 9.47 Å². The minimum atomic E-state index is -0.298. The summed E-state index contributed by atoms with van der Waals surface area (Å²) in [6, 6.07) is 7.48. The highest BCUT2D eigenvalue weighted by Gasteiger charge is 2.06. The van der Waals surface area contributed by atoms with Crippen LogP contribution in [0.1, 0.15) is 15.9 Å². The van der Waals surface area contributed by atoms with Gasteiger partial charge in [-0.1, -0.05) is 12.1 Å². The van der Waals surface area contributed by atoms with Gasteiger partial charge in [0.15, 0.2) is 0 Å². The summed E-state index contributed by atoms with van der Waals surface area (Å²) in [5.41, 5.74) is 1.79. The Labute approximate surface area is 100 Å². The second-order valence-corrected chi connectivity index (χ2v) is 4.12. The lowest BCUT2D eigenvalue weighted by Gasteiger charge is -2.04. The van der Waals surface area contributed by atoms with Crippen molar-refractivity contribution in [3.05, 3.63) is 35.4 Å². The summed E-state index contributed by atoms with van der Waals surface area (Å²) in [6.45, 7) is 0.720. The number of carbonyl (C=O) groups excluding carboxylic acids is 1. The summed E-state index contributed by atoms with van der Waals surface area (Å²) in [7, 11) is 1.57. The van der Waals surface area contributed by atoms with Gasteiger partial charge in [-0.3, -0.25) is 0 Å². The summed E-state index contributed by atoms with van der Waals surface area (Å²) >= 11 is 1.75. The largest absolute Gasteiger partial charge is 0.460 e. The van der Waals surface area contributed by atoms with Crippen LogP contribution < -0.4 is 0 Å².